The average Bonchev–Trinajstić information content (AvgIpc) is 2.35. The highest BCUT2D eigenvalue weighted by molar-refractivity contribution is 5.82. The molecule has 0 saturated carbocycles. The first kappa shape index (κ1) is 7.41. The lowest BCUT2D eigenvalue weighted by atomic mass is 10.1. The molecule has 1 aromatic heterocycles. The fraction of sp³-hybridized carbons (Fsp3) is 0.273. The predicted molar refractivity (Wildman–Crippen MR) is 50.4 cm³/mol. The van der Waals surface area contributed by atoms with Crippen LogP contribution in [0.4, 0.5) is 0 Å². The van der Waals surface area contributed by atoms with Crippen molar-refractivity contribution in [3.63, 3.8) is 0 Å². The maximum atomic E-state index is 5.38. The molecule has 12 heavy (non-hydrogen) atoms. The molecular formula is C11H12O. The lowest BCUT2D eigenvalue weighted by Gasteiger charge is -1.98. The van der Waals surface area contributed by atoms with Gasteiger partial charge in [0, 0.05) is 5.39 Å². The highest BCUT2D eigenvalue weighted by Crippen LogP contribution is 2.23. The van der Waals surface area contributed by atoms with Crippen LogP contribution in [0.2, 0.25) is 0 Å². The van der Waals surface area contributed by atoms with Crippen LogP contribution < -0.4 is 0 Å². The van der Waals surface area contributed by atoms with Crippen LogP contribution in [-0.2, 0) is 0 Å². The zero-order chi connectivity index (χ0) is 8.72. The Morgan fingerprint density at radius 1 is 0.917 bits per heavy atom. The first-order chi connectivity index (χ1) is 5.68. The van der Waals surface area contributed by atoms with Gasteiger partial charge in [-0.25, -0.2) is 0 Å². The fourth-order valence-corrected chi connectivity index (χ4v) is 1.41. The molecule has 0 N–H and O–H groups in total. The maximum absolute atomic E-state index is 5.38. The van der Waals surface area contributed by atoms with Crippen molar-refractivity contribution in [1.82, 2.24) is 0 Å². The number of fused-ring (bicyclic) bond motifs is 1. The Bertz CT molecular complexity index is 424. The molecule has 0 atom stereocenters. The summed E-state index contributed by atoms with van der Waals surface area (Å²) in [4.78, 5) is 0. The molecule has 1 aromatic carbocycles. The first-order valence-electron chi connectivity index (χ1n) is 4.13. The third-order valence-electron chi connectivity index (χ3n) is 2.38. The normalized spacial score (nSPS) is 10.9. The highest BCUT2D eigenvalue weighted by atomic mass is 16.3. The lowest BCUT2D eigenvalue weighted by molar-refractivity contribution is 0.612. The molecule has 0 amide bonds. The minimum atomic E-state index is 0.996. The van der Waals surface area contributed by atoms with E-state index in [0.717, 1.165) is 5.58 Å². The minimum absolute atomic E-state index is 0.996. The van der Waals surface area contributed by atoms with E-state index in [9.17, 15) is 0 Å². The zero-order valence-corrected chi connectivity index (χ0v) is 7.64. The molecule has 1 heterocycles. The van der Waals surface area contributed by atoms with Crippen molar-refractivity contribution >= 4 is 11.0 Å². The molecule has 0 unspecified atom stereocenters. The van der Waals surface area contributed by atoms with Gasteiger partial charge < -0.3 is 4.42 Å². The summed E-state index contributed by atoms with van der Waals surface area (Å²) in [5.74, 6) is 0. The van der Waals surface area contributed by atoms with E-state index in [0.29, 0.717) is 0 Å². The Hall–Kier alpha value is -1.24. The molecule has 2 aromatic rings. The van der Waals surface area contributed by atoms with E-state index in [4.69, 9.17) is 4.42 Å². The largest absolute Gasteiger partial charge is 0.464 e. The molecule has 0 aliphatic heterocycles. The van der Waals surface area contributed by atoms with Gasteiger partial charge in [0.2, 0.25) is 0 Å². The first-order valence-corrected chi connectivity index (χ1v) is 4.13. The number of aryl methyl sites for hydroxylation is 3. The van der Waals surface area contributed by atoms with Gasteiger partial charge in [0.15, 0.2) is 0 Å². The van der Waals surface area contributed by atoms with Crippen molar-refractivity contribution in [1.29, 1.82) is 0 Å². The highest BCUT2D eigenvalue weighted by Gasteiger charge is 2.03. The standard InChI is InChI=1S/C11H12O/c1-7-4-10-9(3)6-12-11(10)5-8(7)2/h4-6H,1-3H3. The number of furan rings is 1. The Balaban J connectivity index is 2.87. The molecule has 0 bridgehead atoms. The van der Waals surface area contributed by atoms with Crippen molar-refractivity contribution in [2.75, 3.05) is 0 Å². The number of hydrogen-bond acceptors (Lipinski definition) is 1. The number of hydrogen-bond donors (Lipinski definition) is 0. The fourth-order valence-electron chi connectivity index (χ4n) is 1.41. The minimum Gasteiger partial charge on any atom is -0.464 e. The Morgan fingerprint density at radius 2 is 1.58 bits per heavy atom. The van der Waals surface area contributed by atoms with E-state index < -0.39 is 0 Å². The van der Waals surface area contributed by atoms with Gasteiger partial charge in [0.1, 0.15) is 5.58 Å². The van der Waals surface area contributed by atoms with Gasteiger partial charge in [-0.3, -0.25) is 0 Å². The van der Waals surface area contributed by atoms with Gasteiger partial charge in [0.05, 0.1) is 6.26 Å². The van der Waals surface area contributed by atoms with Crippen LogP contribution in [0.3, 0.4) is 0 Å². The van der Waals surface area contributed by atoms with Crippen LogP contribution in [0.5, 0.6) is 0 Å². The molecule has 1 nitrogen and oxygen atoms in total. The van der Waals surface area contributed by atoms with Gasteiger partial charge in [0.25, 0.3) is 0 Å². The Labute approximate surface area is 72.0 Å². The molecule has 2 rings (SSSR count). The monoisotopic (exact) mass is 160 g/mol. The molecule has 62 valence electrons. The maximum Gasteiger partial charge on any atom is 0.134 e. The summed E-state index contributed by atoms with van der Waals surface area (Å²) in [5, 5.41) is 1.23. The van der Waals surface area contributed by atoms with Crippen LogP contribution in [0, 0.1) is 20.8 Å². The summed E-state index contributed by atoms with van der Waals surface area (Å²) in [5.41, 5.74) is 4.83. The summed E-state index contributed by atoms with van der Waals surface area (Å²) in [6.45, 7) is 6.30. The molecule has 0 fully saturated rings. The van der Waals surface area contributed by atoms with Crippen LogP contribution in [-0.4, -0.2) is 0 Å². The molecular weight excluding hydrogens is 148 g/mol. The summed E-state index contributed by atoms with van der Waals surface area (Å²) in [6.07, 6.45) is 1.81. The Morgan fingerprint density at radius 3 is 2.33 bits per heavy atom. The van der Waals surface area contributed by atoms with Crippen LogP contribution >= 0.6 is 0 Å². The number of rotatable bonds is 0. The van der Waals surface area contributed by atoms with Crippen molar-refractivity contribution in [2.24, 2.45) is 0 Å². The molecule has 0 radical (unpaired) electrons. The smallest absolute Gasteiger partial charge is 0.134 e. The van der Waals surface area contributed by atoms with Crippen LogP contribution in [0.1, 0.15) is 16.7 Å². The second-order valence-corrected chi connectivity index (χ2v) is 3.35. The summed E-state index contributed by atoms with van der Waals surface area (Å²) in [6, 6.07) is 4.28. The third-order valence-corrected chi connectivity index (χ3v) is 2.38. The summed E-state index contributed by atoms with van der Waals surface area (Å²) < 4.78 is 5.38. The van der Waals surface area contributed by atoms with E-state index in [1.807, 2.05) is 6.26 Å². The SMILES string of the molecule is Cc1cc2occ(C)c2cc1C. The third kappa shape index (κ3) is 0.934. The summed E-state index contributed by atoms with van der Waals surface area (Å²) in [7, 11) is 0. The lowest BCUT2D eigenvalue weighted by Crippen LogP contribution is -1.79. The van der Waals surface area contributed by atoms with Gasteiger partial charge in [-0.15, -0.1) is 0 Å². The molecule has 0 aliphatic rings. The van der Waals surface area contributed by atoms with Gasteiger partial charge in [-0.05, 0) is 49.6 Å². The molecule has 1 heteroatoms. The van der Waals surface area contributed by atoms with E-state index in [-0.39, 0.29) is 0 Å². The van der Waals surface area contributed by atoms with Crippen molar-refractivity contribution in [2.45, 2.75) is 20.8 Å². The van der Waals surface area contributed by atoms with Gasteiger partial charge in [-0.2, -0.15) is 0 Å². The van der Waals surface area contributed by atoms with Crippen LogP contribution in [0.15, 0.2) is 22.8 Å². The average molecular weight is 160 g/mol. The van der Waals surface area contributed by atoms with E-state index in [2.05, 4.69) is 32.9 Å². The van der Waals surface area contributed by atoms with E-state index in [1.54, 1.807) is 0 Å². The second-order valence-electron chi connectivity index (χ2n) is 3.35. The van der Waals surface area contributed by atoms with Crippen molar-refractivity contribution in [3.05, 3.63) is 35.1 Å². The van der Waals surface area contributed by atoms with Crippen LogP contribution in [0.25, 0.3) is 11.0 Å². The van der Waals surface area contributed by atoms with Gasteiger partial charge >= 0.3 is 0 Å². The van der Waals surface area contributed by atoms with Gasteiger partial charge in [-0.1, -0.05) is 0 Å². The van der Waals surface area contributed by atoms with Crippen molar-refractivity contribution in [3.8, 4) is 0 Å². The molecule has 0 aliphatic carbocycles. The van der Waals surface area contributed by atoms with Crippen molar-refractivity contribution < 1.29 is 4.42 Å². The quantitative estimate of drug-likeness (QED) is 0.576. The predicted octanol–water partition coefficient (Wildman–Crippen LogP) is 3.36. The Kier molecular flexibility index (Phi) is 1.47. The topological polar surface area (TPSA) is 13.1 Å². The second kappa shape index (κ2) is 2.37. The molecule has 0 spiro atoms. The summed E-state index contributed by atoms with van der Waals surface area (Å²) >= 11 is 0. The molecule has 0 saturated heterocycles. The number of benzene rings is 1. The zero-order valence-electron chi connectivity index (χ0n) is 7.64. The van der Waals surface area contributed by atoms with E-state index in [1.165, 1.54) is 22.1 Å². The van der Waals surface area contributed by atoms with E-state index >= 15 is 0 Å².